The molecule has 0 heterocycles. The lowest BCUT2D eigenvalue weighted by atomic mass is 10.1. The summed E-state index contributed by atoms with van der Waals surface area (Å²) in [5.41, 5.74) is 0.592. The van der Waals surface area contributed by atoms with Gasteiger partial charge in [-0.25, -0.2) is 8.78 Å². The van der Waals surface area contributed by atoms with Gasteiger partial charge in [-0.05, 0) is 50.2 Å². The number of nitrogens with zero attached hydrogens (tertiary/aromatic N) is 1. The lowest BCUT2D eigenvalue weighted by Crippen LogP contribution is -2.40. The van der Waals surface area contributed by atoms with Gasteiger partial charge in [0.15, 0.2) is 11.5 Å². The summed E-state index contributed by atoms with van der Waals surface area (Å²) in [5, 5.41) is 2.32. The average Bonchev–Trinajstić information content (AvgIpc) is 2.67. The maximum Gasteiger partial charge on any atom is 0.241 e. The molecule has 0 saturated heterocycles. The highest BCUT2D eigenvalue weighted by Gasteiger charge is 2.20. The van der Waals surface area contributed by atoms with Crippen LogP contribution in [0.2, 0.25) is 0 Å². The number of halogens is 2. The summed E-state index contributed by atoms with van der Waals surface area (Å²) in [6, 6.07) is 8.52. The van der Waals surface area contributed by atoms with Crippen LogP contribution in [0.3, 0.4) is 0 Å². The number of anilines is 1. The summed E-state index contributed by atoms with van der Waals surface area (Å²) in [4.78, 5) is 14.1. The summed E-state index contributed by atoms with van der Waals surface area (Å²) in [6.07, 6.45) is 0.669. The van der Waals surface area contributed by atoms with Crippen LogP contribution < -0.4 is 14.8 Å². The Balaban J connectivity index is 1.97. The van der Waals surface area contributed by atoms with E-state index in [4.69, 9.17) is 9.47 Å². The lowest BCUT2D eigenvalue weighted by Gasteiger charge is -2.24. The van der Waals surface area contributed by atoms with Gasteiger partial charge in [-0.1, -0.05) is 12.1 Å². The van der Waals surface area contributed by atoms with Gasteiger partial charge in [-0.3, -0.25) is 9.69 Å². The molecule has 0 aromatic heterocycles. The molecule has 0 spiro atoms. The fraction of sp³-hybridized carbons (Fsp3) is 0.350. The lowest BCUT2D eigenvalue weighted by molar-refractivity contribution is -0.120. The first-order valence-electron chi connectivity index (χ1n) is 8.53. The van der Waals surface area contributed by atoms with E-state index in [1.165, 1.54) is 6.07 Å². The van der Waals surface area contributed by atoms with E-state index in [0.717, 1.165) is 17.7 Å². The van der Waals surface area contributed by atoms with Gasteiger partial charge in [0.25, 0.3) is 0 Å². The van der Waals surface area contributed by atoms with Gasteiger partial charge in [-0.2, -0.15) is 0 Å². The first-order valence-corrected chi connectivity index (χ1v) is 8.53. The van der Waals surface area contributed by atoms with E-state index in [1.807, 2.05) is 23.1 Å². The molecular weight excluding hydrogens is 354 g/mol. The van der Waals surface area contributed by atoms with Gasteiger partial charge in [0.2, 0.25) is 5.91 Å². The molecule has 7 heteroatoms. The van der Waals surface area contributed by atoms with Crippen LogP contribution in [0.1, 0.15) is 12.5 Å². The van der Waals surface area contributed by atoms with E-state index in [0.29, 0.717) is 24.5 Å². The van der Waals surface area contributed by atoms with E-state index in [9.17, 15) is 13.6 Å². The minimum Gasteiger partial charge on any atom is -0.493 e. The minimum absolute atomic E-state index is 0.428. The summed E-state index contributed by atoms with van der Waals surface area (Å²) in [7, 11) is 4.93. The SMILES string of the molecule is COc1ccc(CCN(C)[C@@H](C)C(=O)Nc2c(F)cccc2F)cc1OC. The molecule has 27 heavy (non-hydrogen) atoms. The van der Waals surface area contributed by atoms with Crippen LogP contribution in [-0.4, -0.2) is 44.7 Å². The van der Waals surface area contributed by atoms with Gasteiger partial charge in [0, 0.05) is 6.54 Å². The number of methoxy groups -OCH3 is 2. The smallest absolute Gasteiger partial charge is 0.241 e. The third-order valence-electron chi connectivity index (χ3n) is 4.45. The second-order valence-electron chi connectivity index (χ2n) is 6.18. The van der Waals surface area contributed by atoms with Crippen molar-refractivity contribution in [2.75, 3.05) is 33.1 Å². The fourth-order valence-corrected chi connectivity index (χ4v) is 2.58. The number of hydrogen-bond donors (Lipinski definition) is 1. The van der Waals surface area contributed by atoms with E-state index in [-0.39, 0.29) is 0 Å². The van der Waals surface area contributed by atoms with Crippen molar-refractivity contribution in [2.45, 2.75) is 19.4 Å². The molecule has 2 rings (SSSR count). The number of amides is 1. The zero-order valence-electron chi connectivity index (χ0n) is 15.9. The van der Waals surface area contributed by atoms with Crippen molar-refractivity contribution in [3.05, 3.63) is 53.6 Å². The Morgan fingerprint density at radius 3 is 2.33 bits per heavy atom. The molecule has 0 radical (unpaired) electrons. The molecule has 1 atom stereocenters. The summed E-state index contributed by atoms with van der Waals surface area (Å²) < 4.78 is 37.9. The Hall–Kier alpha value is -2.67. The van der Waals surface area contributed by atoms with Crippen molar-refractivity contribution in [1.82, 2.24) is 4.90 Å². The average molecular weight is 378 g/mol. The molecule has 0 aliphatic carbocycles. The molecular formula is C20H24F2N2O3. The molecule has 0 saturated carbocycles. The molecule has 0 aliphatic rings. The van der Waals surface area contributed by atoms with Gasteiger partial charge in [-0.15, -0.1) is 0 Å². The monoisotopic (exact) mass is 378 g/mol. The zero-order chi connectivity index (χ0) is 20.0. The Morgan fingerprint density at radius 2 is 1.74 bits per heavy atom. The highest BCUT2D eigenvalue weighted by Crippen LogP contribution is 2.27. The van der Waals surface area contributed by atoms with Gasteiger partial charge >= 0.3 is 0 Å². The quantitative estimate of drug-likeness (QED) is 0.764. The molecule has 0 bridgehead atoms. The van der Waals surface area contributed by atoms with E-state index in [2.05, 4.69) is 5.32 Å². The van der Waals surface area contributed by atoms with E-state index >= 15 is 0 Å². The topological polar surface area (TPSA) is 50.8 Å². The molecule has 2 aromatic carbocycles. The number of hydrogen-bond acceptors (Lipinski definition) is 4. The number of nitrogens with one attached hydrogen (secondary N) is 1. The molecule has 5 nitrogen and oxygen atoms in total. The summed E-state index contributed by atoms with van der Waals surface area (Å²) in [5.74, 6) is -0.798. The first kappa shape index (κ1) is 20.6. The van der Waals surface area contributed by atoms with Crippen molar-refractivity contribution >= 4 is 11.6 Å². The second kappa shape index (κ2) is 9.32. The Morgan fingerprint density at radius 1 is 1.11 bits per heavy atom. The summed E-state index contributed by atoms with van der Waals surface area (Å²) >= 11 is 0. The largest absolute Gasteiger partial charge is 0.493 e. The van der Waals surface area contributed by atoms with Gasteiger partial charge in [0.05, 0.1) is 20.3 Å². The van der Waals surface area contributed by atoms with Crippen LogP contribution in [0.4, 0.5) is 14.5 Å². The van der Waals surface area contributed by atoms with E-state index in [1.54, 1.807) is 28.2 Å². The fourth-order valence-electron chi connectivity index (χ4n) is 2.58. The number of benzene rings is 2. The van der Waals surface area contributed by atoms with Crippen LogP contribution in [-0.2, 0) is 11.2 Å². The van der Waals surface area contributed by atoms with E-state index < -0.39 is 29.3 Å². The Bertz CT molecular complexity index is 779. The standard InChI is InChI=1S/C20H24F2N2O3/c1-13(20(25)23-19-15(21)6-5-7-16(19)22)24(2)11-10-14-8-9-17(26-3)18(12-14)27-4/h5-9,12-13H,10-11H2,1-4H3,(H,23,25)/t13-/m0/s1. The second-order valence-corrected chi connectivity index (χ2v) is 6.18. The first-order chi connectivity index (χ1) is 12.9. The van der Waals surface area contributed by atoms with Crippen LogP contribution in [0, 0.1) is 11.6 Å². The van der Waals surface area contributed by atoms with Crippen molar-refractivity contribution in [3.63, 3.8) is 0 Å². The number of likely N-dealkylation sites (N-methyl/N-ethyl adjacent to an activating group) is 1. The zero-order valence-corrected chi connectivity index (χ0v) is 15.9. The highest BCUT2D eigenvalue weighted by atomic mass is 19.1. The maximum atomic E-state index is 13.7. The van der Waals surface area contributed by atoms with Crippen LogP contribution in [0.5, 0.6) is 11.5 Å². The number of rotatable bonds is 8. The predicted molar refractivity (Wildman–Crippen MR) is 100 cm³/mol. The molecule has 0 aliphatic heterocycles. The van der Waals surface area contributed by atoms with Gasteiger partial charge in [0.1, 0.15) is 17.3 Å². The molecule has 2 aromatic rings. The minimum atomic E-state index is -0.802. The molecule has 1 N–H and O–H groups in total. The number of para-hydroxylation sites is 1. The predicted octanol–water partition coefficient (Wildman–Crippen LogP) is 3.48. The van der Waals surface area contributed by atoms with Crippen LogP contribution >= 0.6 is 0 Å². The molecule has 0 fully saturated rings. The maximum absolute atomic E-state index is 13.7. The van der Waals surface area contributed by atoms with Crippen LogP contribution in [0.25, 0.3) is 0 Å². The molecule has 146 valence electrons. The number of ether oxygens (including phenoxy) is 2. The van der Waals surface area contributed by atoms with Gasteiger partial charge < -0.3 is 14.8 Å². The van der Waals surface area contributed by atoms with Crippen molar-refractivity contribution in [3.8, 4) is 11.5 Å². The Labute approximate surface area is 157 Å². The number of carbonyl (C=O) groups is 1. The van der Waals surface area contributed by atoms with Crippen molar-refractivity contribution in [1.29, 1.82) is 0 Å². The van der Waals surface area contributed by atoms with Crippen molar-refractivity contribution in [2.24, 2.45) is 0 Å². The number of carbonyl (C=O) groups excluding carboxylic acids is 1. The molecule has 1 amide bonds. The van der Waals surface area contributed by atoms with Crippen LogP contribution in [0.15, 0.2) is 36.4 Å². The van der Waals surface area contributed by atoms with Crippen molar-refractivity contribution < 1.29 is 23.0 Å². The third kappa shape index (κ3) is 5.17. The third-order valence-corrected chi connectivity index (χ3v) is 4.45. The summed E-state index contributed by atoms with van der Waals surface area (Å²) in [6.45, 7) is 2.26. The Kier molecular flexibility index (Phi) is 7.12. The normalized spacial score (nSPS) is 12.0. The molecule has 0 unspecified atom stereocenters. The highest BCUT2D eigenvalue weighted by molar-refractivity contribution is 5.94.